The van der Waals surface area contributed by atoms with Gasteiger partial charge in [0.1, 0.15) is 5.82 Å². The molecule has 2 unspecified atom stereocenters. The molecule has 4 nitrogen and oxygen atoms in total. The third-order valence-corrected chi connectivity index (χ3v) is 2.97. The van der Waals surface area contributed by atoms with E-state index in [-0.39, 0.29) is 0 Å². The van der Waals surface area contributed by atoms with Gasteiger partial charge < -0.3 is 15.4 Å². The molecule has 2 atom stereocenters. The summed E-state index contributed by atoms with van der Waals surface area (Å²) in [5.41, 5.74) is 1.13. The summed E-state index contributed by atoms with van der Waals surface area (Å²) < 4.78 is 5.54. The highest BCUT2D eigenvalue weighted by Gasteiger charge is 2.18. The van der Waals surface area contributed by atoms with Gasteiger partial charge in [0.2, 0.25) is 0 Å². The first kappa shape index (κ1) is 12.2. The van der Waals surface area contributed by atoms with Crippen LogP contribution >= 0.6 is 0 Å². The number of aromatic nitrogens is 1. The van der Waals surface area contributed by atoms with Gasteiger partial charge in [-0.15, -0.1) is 0 Å². The van der Waals surface area contributed by atoms with Gasteiger partial charge >= 0.3 is 0 Å². The van der Waals surface area contributed by atoms with Crippen molar-refractivity contribution in [1.29, 1.82) is 0 Å². The Morgan fingerprint density at radius 2 is 2.41 bits per heavy atom. The standard InChI is InChI=1S/C13H21N3O/c1-3-14-13-9-11(4-6-15-13)16-12-5-7-17-10(2)8-12/h4,6,9-10,12H,3,5,7-8H2,1-2H3,(H2,14,15,16). The summed E-state index contributed by atoms with van der Waals surface area (Å²) in [6, 6.07) is 4.58. The summed E-state index contributed by atoms with van der Waals surface area (Å²) in [4.78, 5) is 4.26. The van der Waals surface area contributed by atoms with Crippen LogP contribution in [0.5, 0.6) is 0 Å². The lowest BCUT2D eigenvalue weighted by molar-refractivity contribution is 0.0232. The van der Waals surface area contributed by atoms with Crippen LogP contribution in [0, 0.1) is 0 Å². The molecule has 0 aliphatic carbocycles. The topological polar surface area (TPSA) is 46.2 Å². The van der Waals surface area contributed by atoms with E-state index in [2.05, 4.69) is 35.5 Å². The minimum atomic E-state index is 0.358. The Morgan fingerprint density at radius 3 is 3.18 bits per heavy atom. The molecule has 0 aromatic carbocycles. The van der Waals surface area contributed by atoms with Crippen LogP contribution in [0.2, 0.25) is 0 Å². The van der Waals surface area contributed by atoms with Gasteiger partial charge in [-0.1, -0.05) is 0 Å². The van der Waals surface area contributed by atoms with Crippen molar-refractivity contribution in [3.63, 3.8) is 0 Å². The van der Waals surface area contributed by atoms with E-state index >= 15 is 0 Å². The van der Waals surface area contributed by atoms with Crippen LogP contribution in [0.3, 0.4) is 0 Å². The molecule has 2 N–H and O–H groups in total. The zero-order valence-corrected chi connectivity index (χ0v) is 10.6. The number of rotatable bonds is 4. The number of ether oxygens (including phenoxy) is 1. The predicted molar refractivity (Wildman–Crippen MR) is 70.5 cm³/mol. The first-order valence-electron chi connectivity index (χ1n) is 6.36. The molecule has 94 valence electrons. The fourth-order valence-electron chi connectivity index (χ4n) is 2.16. The fourth-order valence-corrected chi connectivity index (χ4v) is 2.16. The lowest BCUT2D eigenvalue weighted by atomic mass is 10.0. The number of anilines is 2. The lowest BCUT2D eigenvalue weighted by Gasteiger charge is -2.28. The van der Waals surface area contributed by atoms with Crippen molar-refractivity contribution < 1.29 is 4.74 Å². The zero-order chi connectivity index (χ0) is 12.1. The Balaban J connectivity index is 1.95. The predicted octanol–water partition coefficient (Wildman–Crippen LogP) is 2.49. The molecule has 4 heteroatoms. The van der Waals surface area contributed by atoms with Crippen molar-refractivity contribution in [1.82, 2.24) is 4.98 Å². The van der Waals surface area contributed by atoms with E-state index in [9.17, 15) is 0 Å². The van der Waals surface area contributed by atoms with E-state index in [0.717, 1.165) is 37.5 Å². The summed E-state index contributed by atoms with van der Waals surface area (Å²) in [6.07, 6.45) is 4.34. The smallest absolute Gasteiger partial charge is 0.127 e. The maximum atomic E-state index is 5.54. The van der Waals surface area contributed by atoms with Crippen molar-refractivity contribution >= 4 is 11.5 Å². The van der Waals surface area contributed by atoms with Crippen molar-refractivity contribution in [2.45, 2.75) is 38.8 Å². The Kier molecular flexibility index (Phi) is 4.20. The average Bonchev–Trinajstić information content (AvgIpc) is 2.30. The summed E-state index contributed by atoms with van der Waals surface area (Å²) in [5.74, 6) is 0.928. The molecule has 1 fully saturated rings. The maximum Gasteiger partial charge on any atom is 0.127 e. The molecule has 0 saturated carbocycles. The van der Waals surface area contributed by atoms with E-state index in [1.165, 1.54) is 0 Å². The molecule has 0 bridgehead atoms. The molecular weight excluding hydrogens is 214 g/mol. The molecule has 0 spiro atoms. The van der Waals surface area contributed by atoms with Crippen LogP contribution in [0.4, 0.5) is 11.5 Å². The quantitative estimate of drug-likeness (QED) is 0.841. The van der Waals surface area contributed by atoms with E-state index in [1.807, 2.05) is 12.3 Å². The molecule has 0 radical (unpaired) electrons. The van der Waals surface area contributed by atoms with Crippen LogP contribution in [0.15, 0.2) is 18.3 Å². The Morgan fingerprint density at radius 1 is 1.53 bits per heavy atom. The number of pyridine rings is 1. The molecule has 2 heterocycles. The van der Waals surface area contributed by atoms with Gasteiger partial charge in [-0.25, -0.2) is 4.98 Å². The zero-order valence-electron chi connectivity index (χ0n) is 10.6. The van der Waals surface area contributed by atoms with Crippen molar-refractivity contribution in [2.24, 2.45) is 0 Å². The first-order valence-corrected chi connectivity index (χ1v) is 6.36. The molecule has 1 aliphatic rings. The van der Waals surface area contributed by atoms with Gasteiger partial charge in [0.25, 0.3) is 0 Å². The SMILES string of the molecule is CCNc1cc(NC2CCOC(C)C2)ccn1. The van der Waals surface area contributed by atoms with Gasteiger partial charge in [0.05, 0.1) is 6.10 Å². The fraction of sp³-hybridized carbons (Fsp3) is 0.615. The second-order valence-corrected chi connectivity index (χ2v) is 4.51. The highest BCUT2D eigenvalue weighted by Crippen LogP contribution is 2.19. The van der Waals surface area contributed by atoms with Gasteiger partial charge in [0.15, 0.2) is 0 Å². The van der Waals surface area contributed by atoms with Crippen LogP contribution in [0.1, 0.15) is 26.7 Å². The monoisotopic (exact) mass is 235 g/mol. The highest BCUT2D eigenvalue weighted by atomic mass is 16.5. The van der Waals surface area contributed by atoms with Crippen molar-refractivity contribution in [3.8, 4) is 0 Å². The summed E-state index contributed by atoms with van der Waals surface area (Å²) >= 11 is 0. The molecule has 1 aromatic rings. The average molecular weight is 235 g/mol. The minimum absolute atomic E-state index is 0.358. The molecule has 1 aliphatic heterocycles. The summed E-state index contributed by atoms with van der Waals surface area (Å²) in [5, 5.41) is 6.77. The largest absolute Gasteiger partial charge is 0.382 e. The minimum Gasteiger partial charge on any atom is -0.382 e. The van der Waals surface area contributed by atoms with Gasteiger partial charge in [0, 0.05) is 37.1 Å². The Hall–Kier alpha value is -1.29. The normalized spacial score (nSPS) is 24.4. The lowest BCUT2D eigenvalue weighted by Crippen LogP contribution is -2.32. The van der Waals surface area contributed by atoms with Gasteiger partial charge in [-0.05, 0) is 32.8 Å². The van der Waals surface area contributed by atoms with Crippen LogP contribution < -0.4 is 10.6 Å². The number of hydrogen-bond donors (Lipinski definition) is 2. The number of nitrogens with zero attached hydrogens (tertiary/aromatic N) is 1. The van der Waals surface area contributed by atoms with E-state index in [4.69, 9.17) is 4.74 Å². The molecule has 0 amide bonds. The summed E-state index contributed by atoms with van der Waals surface area (Å²) in [6.45, 7) is 5.95. The molecule has 1 aromatic heterocycles. The second kappa shape index (κ2) is 5.87. The molecule has 1 saturated heterocycles. The van der Waals surface area contributed by atoms with E-state index in [0.29, 0.717) is 12.1 Å². The van der Waals surface area contributed by atoms with Crippen molar-refractivity contribution in [2.75, 3.05) is 23.8 Å². The molecule has 17 heavy (non-hydrogen) atoms. The Labute approximate surface area is 103 Å². The van der Waals surface area contributed by atoms with E-state index in [1.54, 1.807) is 0 Å². The third-order valence-electron chi connectivity index (χ3n) is 2.97. The van der Waals surface area contributed by atoms with Crippen LogP contribution in [0.25, 0.3) is 0 Å². The maximum absolute atomic E-state index is 5.54. The van der Waals surface area contributed by atoms with Gasteiger partial charge in [-0.2, -0.15) is 0 Å². The van der Waals surface area contributed by atoms with E-state index < -0.39 is 0 Å². The van der Waals surface area contributed by atoms with Crippen molar-refractivity contribution in [3.05, 3.63) is 18.3 Å². The van der Waals surface area contributed by atoms with Crippen LogP contribution in [-0.2, 0) is 4.74 Å². The third kappa shape index (κ3) is 3.60. The summed E-state index contributed by atoms with van der Waals surface area (Å²) in [7, 11) is 0. The highest BCUT2D eigenvalue weighted by molar-refractivity contribution is 5.52. The second-order valence-electron chi connectivity index (χ2n) is 4.51. The molecular formula is C13H21N3O. The van der Waals surface area contributed by atoms with Crippen LogP contribution in [-0.4, -0.2) is 30.3 Å². The first-order chi connectivity index (χ1) is 8.28. The number of hydrogen-bond acceptors (Lipinski definition) is 4. The Bertz CT molecular complexity index is 356. The van der Waals surface area contributed by atoms with Gasteiger partial charge in [-0.3, -0.25) is 0 Å². The number of nitrogens with one attached hydrogen (secondary N) is 2. The molecule has 2 rings (SSSR count).